The third-order valence-corrected chi connectivity index (χ3v) is 12.1. The molecule has 0 aliphatic carbocycles. The number of rotatable bonds is 9. The Labute approximate surface area is 432 Å². The van der Waals surface area contributed by atoms with E-state index in [1.54, 1.807) is 0 Å². The fourth-order valence-electron chi connectivity index (χ4n) is 8.77. The molecule has 0 bridgehead atoms. The van der Waals surface area contributed by atoms with Crippen molar-refractivity contribution >= 4 is 50.5 Å². The number of carboxylic acid groups (broad SMARTS) is 1. The van der Waals surface area contributed by atoms with Crippen LogP contribution in [0.4, 0.5) is 105 Å². The van der Waals surface area contributed by atoms with Crippen molar-refractivity contribution in [3.05, 3.63) is 195 Å². The highest BCUT2D eigenvalue weighted by molar-refractivity contribution is 7.20. The lowest BCUT2D eigenvalue weighted by Crippen LogP contribution is -2.75. The van der Waals surface area contributed by atoms with Gasteiger partial charge in [-0.15, -0.1) is 0 Å². The molecule has 426 valence electrons. The van der Waals surface area contributed by atoms with Crippen molar-refractivity contribution in [2.45, 2.75) is 62.4 Å². The first-order valence-electron chi connectivity index (χ1n) is 22.0. The third-order valence-electron chi connectivity index (χ3n) is 12.1. The number of aliphatic carboxylic acids is 1. The van der Waals surface area contributed by atoms with Gasteiger partial charge in [0.2, 0.25) is 5.78 Å². The Kier molecular flexibility index (Phi) is 16.4. The van der Waals surface area contributed by atoms with Gasteiger partial charge in [0.1, 0.15) is 12.6 Å². The third kappa shape index (κ3) is 13.8. The molecular weight excluding hydrogens is 1140 g/mol. The van der Waals surface area contributed by atoms with Crippen LogP contribution in [0, 0.1) is 0 Å². The Morgan fingerprint density at radius 1 is 0.375 bits per heavy atom. The van der Waals surface area contributed by atoms with Crippen LogP contribution in [0.2, 0.25) is 0 Å². The van der Waals surface area contributed by atoms with Crippen molar-refractivity contribution in [3.63, 3.8) is 0 Å². The number of hydrogen-bond acceptors (Lipinski definition) is 2. The first-order valence-corrected chi connectivity index (χ1v) is 22.0. The lowest BCUT2D eigenvalue weighted by molar-refractivity contribution is -0.688. The zero-order valence-corrected chi connectivity index (χ0v) is 39.1. The van der Waals surface area contributed by atoms with Crippen molar-refractivity contribution in [2.75, 3.05) is 0 Å². The first-order chi connectivity index (χ1) is 36.4. The summed E-state index contributed by atoms with van der Waals surface area (Å²) in [6.45, 7) is 0.520. The van der Waals surface area contributed by atoms with Gasteiger partial charge in [-0.25, -0.2) is 0 Å². The second-order valence-electron chi connectivity index (χ2n) is 17.6. The number of carboxylic acids is 1. The van der Waals surface area contributed by atoms with Gasteiger partial charge in [-0.05, 0) is 35.7 Å². The average Bonchev–Trinajstić information content (AvgIpc) is 3.32. The minimum atomic E-state index is -6.13. The summed E-state index contributed by atoms with van der Waals surface area (Å²) in [4.78, 5) is 23.4. The molecule has 0 unspecified atom stereocenters. The molecule has 1 N–H and O–H groups in total. The molecule has 7 aromatic rings. The van der Waals surface area contributed by atoms with E-state index in [0.29, 0.717) is 12.2 Å². The van der Waals surface area contributed by atoms with E-state index >= 15 is 0 Å². The molecule has 0 aliphatic rings. The molecule has 7 rings (SSSR count). The standard InChI is InChI=1S/C32H12BF24.C19H15NO3/c34-25(35,36)13-1-14(26(37,38)39)6-21(5-13)33(22-7-15(27(40,41)42)2-16(8-22)28(43,44)45,23-9-17(29(46,47)48)3-18(10-23)30(49,50)51)24-11-19(31(52,53)54)4-20(12-24)32(55,56)57;21-17(12-18(22)23)19-16-9-5-4-8-15(16)10-11-20(19)13-14-6-2-1-3-7-14/h1-12H;1-11H,12-13H2/q-1;/p+1. The summed E-state index contributed by atoms with van der Waals surface area (Å²) in [5.41, 5.74) is -28.7. The van der Waals surface area contributed by atoms with E-state index in [9.17, 15) is 115 Å². The Hall–Kier alpha value is -7.75. The number of carbonyl (C=O) groups excluding carboxylic acids is 1. The summed E-state index contributed by atoms with van der Waals surface area (Å²) in [6.07, 6.45) is -53.5. The van der Waals surface area contributed by atoms with E-state index in [2.05, 4.69) is 0 Å². The van der Waals surface area contributed by atoms with Gasteiger partial charge < -0.3 is 5.11 Å². The van der Waals surface area contributed by atoms with Crippen molar-refractivity contribution in [1.29, 1.82) is 0 Å². The SMILES string of the molecule is FC(F)(F)c1cc([B-](c2cc(C(F)(F)F)cc(C(F)(F)F)c2)(c2cc(C(F)(F)F)cc(C(F)(F)F)c2)c2cc(C(F)(F)F)cc(C(F)(F)F)c2)cc(C(F)(F)F)c1.O=C(O)CC(=O)c1c2ccccc2cc[n+]1Cc1ccccc1. The van der Waals surface area contributed by atoms with Gasteiger partial charge in [0.05, 0.1) is 49.9 Å². The predicted octanol–water partition coefficient (Wildman–Crippen LogP) is 14.0. The Morgan fingerprint density at radius 3 is 0.925 bits per heavy atom. The summed E-state index contributed by atoms with van der Waals surface area (Å²) in [6, 6.07) is 10.4. The molecule has 29 heteroatoms. The van der Waals surface area contributed by atoms with E-state index < -0.39 is 207 Å². The van der Waals surface area contributed by atoms with Crippen LogP contribution in [0.25, 0.3) is 10.8 Å². The molecule has 0 aliphatic heterocycles. The number of aromatic nitrogens is 1. The maximum Gasteiger partial charge on any atom is 0.416 e. The summed E-state index contributed by atoms with van der Waals surface area (Å²) in [7, 11) is 0. The van der Waals surface area contributed by atoms with Gasteiger partial charge in [0, 0.05) is 11.6 Å². The molecule has 80 heavy (non-hydrogen) atoms. The highest BCUT2D eigenvalue weighted by Gasteiger charge is 2.47. The van der Waals surface area contributed by atoms with E-state index in [0.717, 1.165) is 16.3 Å². The number of nitrogens with zero attached hydrogens (tertiary/aromatic N) is 1. The Morgan fingerprint density at radius 2 is 0.650 bits per heavy atom. The van der Waals surface area contributed by atoms with E-state index in [1.807, 2.05) is 71.4 Å². The second kappa shape index (κ2) is 21.4. The van der Waals surface area contributed by atoms with E-state index in [-0.39, 0.29) is 5.78 Å². The molecule has 0 atom stereocenters. The van der Waals surface area contributed by atoms with Crippen molar-refractivity contribution in [1.82, 2.24) is 0 Å². The zero-order valence-electron chi connectivity index (χ0n) is 39.1. The van der Waals surface area contributed by atoms with Crippen LogP contribution in [-0.4, -0.2) is 23.0 Å². The summed E-state index contributed by atoms with van der Waals surface area (Å²) < 4.78 is 343. The fourth-order valence-corrected chi connectivity index (χ4v) is 8.77. The second-order valence-corrected chi connectivity index (χ2v) is 17.6. The van der Waals surface area contributed by atoms with Crippen LogP contribution in [-0.2, 0) is 60.7 Å². The van der Waals surface area contributed by atoms with Gasteiger partial charge in [-0.1, -0.05) is 97.1 Å². The number of hydrogen-bond donors (Lipinski definition) is 1. The predicted molar refractivity (Wildman–Crippen MR) is 236 cm³/mol. The average molecular weight is 1170 g/mol. The topological polar surface area (TPSA) is 58.2 Å². The maximum absolute atomic E-state index is 14.2. The minimum Gasteiger partial charge on any atom is -0.481 e. The first kappa shape index (κ1) is 61.5. The Bertz CT molecular complexity index is 3000. The van der Waals surface area contributed by atoms with Crippen molar-refractivity contribution in [3.8, 4) is 0 Å². The number of halogens is 24. The smallest absolute Gasteiger partial charge is 0.416 e. The van der Waals surface area contributed by atoms with Gasteiger partial charge in [-0.3, -0.25) is 9.59 Å². The molecule has 1 heterocycles. The van der Waals surface area contributed by atoms with E-state index in [4.69, 9.17) is 5.11 Å². The van der Waals surface area contributed by atoms with Crippen LogP contribution in [0.3, 0.4) is 0 Å². The monoisotopic (exact) mass is 1170 g/mol. The molecule has 0 amide bonds. The summed E-state index contributed by atoms with van der Waals surface area (Å²) >= 11 is 0. The van der Waals surface area contributed by atoms with Crippen LogP contribution in [0.1, 0.15) is 67.0 Å². The summed E-state index contributed by atoms with van der Waals surface area (Å²) in [5, 5.41) is 10.7. The number of alkyl halides is 24. The van der Waals surface area contributed by atoms with Gasteiger partial charge in [0.15, 0.2) is 12.7 Å². The van der Waals surface area contributed by atoms with Crippen LogP contribution in [0.5, 0.6) is 0 Å². The van der Waals surface area contributed by atoms with Crippen LogP contribution < -0.4 is 26.4 Å². The van der Waals surface area contributed by atoms with Crippen LogP contribution >= 0.6 is 0 Å². The number of Topliss-reactive ketones (excluding diaryl/α,β-unsaturated/α-hetero) is 1. The Balaban J connectivity index is 0.000000370. The lowest BCUT2D eigenvalue weighted by atomic mass is 9.12. The van der Waals surface area contributed by atoms with E-state index in [1.165, 1.54) is 0 Å². The molecule has 0 saturated carbocycles. The molecule has 0 radical (unpaired) electrons. The van der Waals surface area contributed by atoms with Crippen molar-refractivity contribution in [2.24, 2.45) is 0 Å². The number of benzene rings is 6. The number of pyridine rings is 1. The zero-order chi connectivity index (χ0) is 60.1. The van der Waals surface area contributed by atoms with Gasteiger partial charge in [-0.2, -0.15) is 132 Å². The maximum atomic E-state index is 14.2. The van der Waals surface area contributed by atoms with Crippen molar-refractivity contribution < 1.29 is 125 Å². The lowest BCUT2D eigenvalue weighted by Gasteiger charge is -2.46. The summed E-state index contributed by atoms with van der Waals surface area (Å²) in [5.74, 6) is -1.50. The normalized spacial score (nSPS) is 13.2. The molecule has 4 nitrogen and oxygen atoms in total. The molecule has 1 aromatic heterocycles. The highest BCUT2D eigenvalue weighted by atomic mass is 19.4. The molecule has 6 aromatic carbocycles. The quantitative estimate of drug-likeness (QED) is 0.0515. The molecule has 0 fully saturated rings. The van der Waals surface area contributed by atoms with Crippen LogP contribution in [0.15, 0.2) is 140 Å². The van der Waals surface area contributed by atoms with Gasteiger partial charge >= 0.3 is 55.4 Å². The molecule has 0 spiro atoms. The number of ketones is 1. The molecule has 0 saturated heterocycles. The molecular formula is C51H28BF24NO3. The number of fused-ring (bicyclic) bond motifs is 1. The fraction of sp³-hybridized carbons (Fsp3) is 0.196. The largest absolute Gasteiger partial charge is 0.481 e. The number of carbonyl (C=O) groups is 2. The highest BCUT2D eigenvalue weighted by Crippen LogP contribution is 2.41. The minimum absolute atomic E-state index is 0.384. The van der Waals surface area contributed by atoms with Gasteiger partial charge in [0.25, 0.3) is 5.69 Å².